The van der Waals surface area contributed by atoms with E-state index in [-0.39, 0.29) is 23.4 Å². The molecule has 0 amide bonds. The fourth-order valence-electron chi connectivity index (χ4n) is 1.90. The van der Waals surface area contributed by atoms with E-state index >= 15 is 0 Å². The summed E-state index contributed by atoms with van der Waals surface area (Å²) < 4.78 is 18.4. The Balaban J connectivity index is 2.20. The van der Waals surface area contributed by atoms with Crippen molar-refractivity contribution in [2.24, 2.45) is 0 Å². The minimum Gasteiger partial charge on any atom is -0.457 e. The zero-order chi connectivity index (χ0) is 15.4. The Kier molecular flexibility index (Phi) is 4.27. The van der Waals surface area contributed by atoms with Gasteiger partial charge in [-0.3, -0.25) is 10.1 Å². The Hall–Kier alpha value is -2.76. The molecule has 108 valence electrons. The highest BCUT2D eigenvalue weighted by atomic mass is 19.1. The van der Waals surface area contributed by atoms with Crippen molar-refractivity contribution in [3.63, 3.8) is 0 Å². The summed E-state index contributed by atoms with van der Waals surface area (Å²) in [6.07, 6.45) is 0. The summed E-state index contributed by atoms with van der Waals surface area (Å²) in [6, 6.07) is 10.2. The second-order valence-corrected chi connectivity index (χ2v) is 4.40. The smallest absolute Gasteiger partial charge is 0.345 e. The number of para-hydroxylation sites is 1. The van der Waals surface area contributed by atoms with Crippen LogP contribution in [-0.2, 0) is 11.3 Å². The highest BCUT2D eigenvalue weighted by Crippen LogP contribution is 2.24. The summed E-state index contributed by atoms with van der Waals surface area (Å²) in [5.41, 5.74) is 0.133. The van der Waals surface area contributed by atoms with Crippen molar-refractivity contribution in [3.05, 3.63) is 75.1 Å². The predicted molar refractivity (Wildman–Crippen MR) is 73.4 cm³/mol. The number of esters is 1. The highest BCUT2D eigenvalue weighted by Gasteiger charge is 2.23. The SMILES string of the molecule is Cc1cccc(C(=O)OCc2ccccc2F)c1[N+](=O)[O-]. The summed E-state index contributed by atoms with van der Waals surface area (Å²) in [5, 5.41) is 11.0. The molecule has 0 unspecified atom stereocenters. The van der Waals surface area contributed by atoms with Crippen LogP contribution >= 0.6 is 0 Å². The fraction of sp³-hybridized carbons (Fsp3) is 0.133. The van der Waals surface area contributed by atoms with Gasteiger partial charge in [-0.1, -0.05) is 30.3 Å². The molecule has 0 N–H and O–H groups in total. The Labute approximate surface area is 120 Å². The van der Waals surface area contributed by atoms with Gasteiger partial charge >= 0.3 is 5.97 Å². The van der Waals surface area contributed by atoms with Gasteiger partial charge in [-0.15, -0.1) is 0 Å². The Morgan fingerprint density at radius 3 is 2.62 bits per heavy atom. The number of hydrogen-bond donors (Lipinski definition) is 0. The molecular formula is C15H12FNO4. The van der Waals surface area contributed by atoms with Gasteiger partial charge in [-0.25, -0.2) is 9.18 Å². The lowest BCUT2D eigenvalue weighted by atomic mass is 10.1. The molecule has 2 rings (SSSR count). The van der Waals surface area contributed by atoms with E-state index in [0.29, 0.717) is 5.56 Å². The Bertz CT molecular complexity index is 700. The second-order valence-electron chi connectivity index (χ2n) is 4.40. The minimum absolute atomic E-state index is 0.142. The molecule has 0 heterocycles. The van der Waals surface area contributed by atoms with E-state index in [2.05, 4.69) is 0 Å². The van der Waals surface area contributed by atoms with E-state index in [1.54, 1.807) is 6.07 Å². The molecule has 2 aromatic rings. The van der Waals surface area contributed by atoms with Gasteiger partial charge in [0.2, 0.25) is 0 Å². The first kappa shape index (κ1) is 14.6. The number of nitro benzene ring substituents is 1. The van der Waals surface area contributed by atoms with Gasteiger partial charge in [0.05, 0.1) is 4.92 Å². The number of aryl methyl sites for hydroxylation is 1. The van der Waals surface area contributed by atoms with E-state index in [1.165, 1.54) is 43.3 Å². The molecule has 0 aromatic heterocycles. The lowest BCUT2D eigenvalue weighted by Gasteiger charge is -2.07. The molecule has 0 saturated carbocycles. The predicted octanol–water partition coefficient (Wildman–Crippen LogP) is 3.40. The molecule has 0 saturated heterocycles. The average molecular weight is 289 g/mol. The topological polar surface area (TPSA) is 69.4 Å². The minimum atomic E-state index is -0.853. The number of halogens is 1. The van der Waals surface area contributed by atoms with Crippen molar-refractivity contribution in [2.75, 3.05) is 0 Å². The number of benzene rings is 2. The third-order valence-electron chi connectivity index (χ3n) is 2.96. The quantitative estimate of drug-likeness (QED) is 0.491. The number of hydrogen-bond acceptors (Lipinski definition) is 4. The van der Waals surface area contributed by atoms with Crippen LogP contribution in [0.3, 0.4) is 0 Å². The van der Waals surface area contributed by atoms with Crippen LogP contribution in [0.4, 0.5) is 10.1 Å². The van der Waals surface area contributed by atoms with Gasteiger partial charge < -0.3 is 4.74 Å². The number of carbonyl (C=O) groups is 1. The Morgan fingerprint density at radius 1 is 1.24 bits per heavy atom. The molecule has 0 aliphatic rings. The lowest BCUT2D eigenvalue weighted by Crippen LogP contribution is -2.09. The maximum absolute atomic E-state index is 13.4. The van der Waals surface area contributed by atoms with E-state index < -0.39 is 16.7 Å². The van der Waals surface area contributed by atoms with Crippen molar-refractivity contribution in [3.8, 4) is 0 Å². The van der Waals surface area contributed by atoms with Gasteiger partial charge in [0.25, 0.3) is 5.69 Å². The molecule has 0 aliphatic heterocycles. The van der Waals surface area contributed by atoms with Gasteiger partial charge in [-0.2, -0.15) is 0 Å². The number of nitrogens with zero attached hydrogens (tertiary/aromatic N) is 1. The summed E-state index contributed by atoms with van der Waals surface area (Å²) in [4.78, 5) is 22.3. The summed E-state index contributed by atoms with van der Waals surface area (Å²) in [5.74, 6) is -1.35. The molecule has 0 spiro atoms. The standard InChI is InChI=1S/C15H12FNO4/c1-10-5-4-7-12(14(10)17(19)20)15(18)21-9-11-6-2-3-8-13(11)16/h2-8H,9H2,1H3. The molecule has 5 nitrogen and oxygen atoms in total. The van der Waals surface area contributed by atoms with E-state index in [4.69, 9.17) is 4.74 Å². The van der Waals surface area contributed by atoms with Crippen molar-refractivity contribution >= 4 is 11.7 Å². The van der Waals surface area contributed by atoms with Gasteiger partial charge in [0.15, 0.2) is 0 Å². The molecule has 0 fully saturated rings. The van der Waals surface area contributed by atoms with Crippen molar-refractivity contribution in [1.29, 1.82) is 0 Å². The number of nitro groups is 1. The Morgan fingerprint density at radius 2 is 1.95 bits per heavy atom. The zero-order valence-corrected chi connectivity index (χ0v) is 11.2. The van der Waals surface area contributed by atoms with Crippen molar-refractivity contribution in [2.45, 2.75) is 13.5 Å². The number of ether oxygens (including phenoxy) is 1. The van der Waals surface area contributed by atoms with Crippen LogP contribution in [0.5, 0.6) is 0 Å². The first-order valence-corrected chi connectivity index (χ1v) is 6.15. The van der Waals surface area contributed by atoms with Crippen LogP contribution in [0.25, 0.3) is 0 Å². The van der Waals surface area contributed by atoms with Crippen LogP contribution in [-0.4, -0.2) is 10.9 Å². The molecule has 0 aliphatic carbocycles. The highest BCUT2D eigenvalue weighted by molar-refractivity contribution is 5.94. The molecule has 2 aromatic carbocycles. The van der Waals surface area contributed by atoms with Gasteiger partial charge in [0, 0.05) is 11.1 Å². The maximum atomic E-state index is 13.4. The largest absolute Gasteiger partial charge is 0.457 e. The van der Waals surface area contributed by atoms with E-state index in [0.717, 1.165) is 0 Å². The van der Waals surface area contributed by atoms with Crippen LogP contribution in [0.2, 0.25) is 0 Å². The van der Waals surface area contributed by atoms with Crippen LogP contribution in [0.1, 0.15) is 21.5 Å². The molecule has 0 bridgehead atoms. The molecule has 0 radical (unpaired) electrons. The van der Waals surface area contributed by atoms with Crippen LogP contribution in [0.15, 0.2) is 42.5 Å². The van der Waals surface area contributed by atoms with Crippen LogP contribution < -0.4 is 0 Å². The third kappa shape index (κ3) is 3.22. The molecular weight excluding hydrogens is 277 g/mol. The van der Waals surface area contributed by atoms with Crippen molar-refractivity contribution in [1.82, 2.24) is 0 Å². The maximum Gasteiger partial charge on any atom is 0.345 e. The fourth-order valence-corrected chi connectivity index (χ4v) is 1.90. The van der Waals surface area contributed by atoms with E-state index in [1.807, 2.05) is 0 Å². The van der Waals surface area contributed by atoms with E-state index in [9.17, 15) is 19.3 Å². The molecule has 0 atom stereocenters. The summed E-state index contributed by atoms with van der Waals surface area (Å²) >= 11 is 0. The lowest BCUT2D eigenvalue weighted by molar-refractivity contribution is -0.385. The first-order chi connectivity index (χ1) is 10.0. The molecule has 21 heavy (non-hydrogen) atoms. The van der Waals surface area contributed by atoms with Crippen LogP contribution in [0, 0.1) is 22.9 Å². The number of rotatable bonds is 4. The summed E-state index contributed by atoms with van der Waals surface area (Å²) in [6.45, 7) is 1.25. The summed E-state index contributed by atoms with van der Waals surface area (Å²) in [7, 11) is 0. The number of carbonyl (C=O) groups excluding carboxylic acids is 1. The van der Waals surface area contributed by atoms with Gasteiger partial charge in [0.1, 0.15) is 18.0 Å². The van der Waals surface area contributed by atoms with Gasteiger partial charge in [-0.05, 0) is 19.1 Å². The van der Waals surface area contributed by atoms with Crippen molar-refractivity contribution < 1.29 is 18.8 Å². The average Bonchev–Trinajstić information content (AvgIpc) is 2.45. The monoisotopic (exact) mass is 289 g/mol. The first-order valence-electron chi connectivity index (χ1n) is 6.15. The third-order valence-corrected chi connectivity index (χ3v) is 2.96. The zero-order valence-electron chi connectivity index (χ0n) is 11.2. The normalized spacial score (nSPS) is 10.2. The molecule has 6 heteroatoms. The second kappa shape index (κ2) is 6.13.